The lowest BCUT2D eigenvalue weighted by atomic mass is 10.2. The summed E-state index contributed by atoms with van der Waals surface area (Å²) in [6, 6.07) is 4.75. The van der Waals surface area contributed by atoms with Crippen molar-refractivity contribution in [2.24, 2.45) is 0 Å². The number of aliphatic hydroxyl groups excluding tert-OH is 1. The number of rotatable bonds is 4. The molecule has 0 radical (unpaired) electrons. The molecule has 22 heavy (non-hydrogen) atoms. The van der Waals surface area contributed by atoms with Gasteiger partial charge in [0.2, 0.25) is 12.7 Å². The van der Waals surface area contributed by atoms with Crippen LogP contribution < -0.4 is 14.8 Å². The average molecular weight is 306 g/mol. The largest absolute Gasteiger partial charge is 0.454 e. The van der Waals surface area contributed by atoms with Gasteiger partial charge in [0, 0.05) is 12.1 Å². The average Bonchev–Trinajstić information content (AvgIpc) is 3.19. The molecule has 0 saturated carbocycles. The monoisotopic (exact) mass is 306 g/mol. The van der Waals surface area contributed by atoms with Crippen LogP contribution in [0.2, 0.25) is 0 Å². The smallest absolute Gasteiger partial charge is 0.251 e. The normalized spacial score (nSPS) is 19.3. The number of nitrogens with zero attached hydrogens (tertiary/aromatic N) is 1. The maximum Gasteiger partial charge on any atom is 0.251 e. The van der Waals surface area contributed by atoms with Crippen molar-refractivity contribution in [3.8, 4) is 11.5 Å². The summed E-state index contributed by atoms with van der Waals surface area (Å²) in [5.41, 5.74) is 0.414. The predicted molar refractivity (Wildman–Crippen MR) is 76.7 cm³/mol. The summed E-state index contributed by atoms with van der Waals surface area (Å²) in [5, 5.41) is 11.8. The van der Waals surface area contributed by atoms with Crippen LogP contribution in [-0.2, 0) is 4.79 Å². The van der Waals surface area contributed by atoms with Gasteiger partial charge in [-0.25, -0.2) is 0 Å². The summed E-state index contributed by atoms with van der Waals surface area (Å²) in [7, 11) is 0. The van der Waals surface area contributed by atoms with E-state index in [0.717, 1.165) is 12.8 Å². The van der Waals surface area contributed by atoms with Gasteiger partial charge in [-0.1, -0.05) is 0 Å². The fourth-order valence-corrected chi connectivity index (χ4v) is 2.75. The number of hydrogen-bond donors (Lipinski definition) is 2. The van der Waals surface area contributed by atoms with Crippen LogP contribution in [0.15, 0.2) is 18.2 Å². The lowest BCUT2D eigenvalue weighted by Crippen LogP contribution is -2.43. The molecule has 1 fully saturated rings. The first-order valence-corrected chi connectivity index (χ1v) is 7.27. The highest BCUT2D eigenvalue weighted by molar-refractivity contribution is 5.97. The molecule has 7 nitrogen and oxygen atoms in total. The van der Waals surface area contributed by atoms with E-state index < -0.39 is 0 Å². The molecule has 0 aliphatic carbocycles. The summed E-state index contributed by atoms with van der Waals surface area (Å²) < 4.78 is 10.4. The number of likely N-dealkylation sites (tertiary alicyclic amines) is 1. The van der Waals surface area contributed by atoms with E-state index in [1.54, 1.807) is 23.1 Å². The van der Waals surface area contributed by atoms with E-state index in [9.17, 15) is 14.7 Å². The molecule has 2 aliphatic rings. The topological polar surface area (TPSA) is 88.1 Å². The Morgan fingerprint density at radius 2 is 2.14 bits per heavy atom. The van der Waals surface area contributed by atoms with E-state index in [4.69, 9.17) is 9.47 Å². The minimum Gasteiger partial charge on any atom is -0.454 e. The highest BCUT2D eigenvalue weighted by Gasteiger charge is 2.28. The van der Waals surface area contributed by atoms with Crippen LogP contribution in [0, 0.1) is 0 Å². The Balaban J connectivity index is 1.57. The molecule has 0 spiro atoms. The standard InChI is InChI=1S/C15H18N2O5/c18-8-11-2-1-5-17(11)14(19)7-16-15(20)10-3-4-12-13(6-10)22-9-21-12/h3-4,6,11,18H,1-2,5,7-9H2,(H,16,20). The van der Waals surface area contributed by atoms with Crippen molar-refractivity contribution in [3.05, 3.63) is 23.8 Å². The third-order valence-corrected chi connectivity index (χ3v) is 3.94. The van der Waals surface area contributed by atoms with Crippen molar-refractivity contribution in [1.29, 1.82) is 0 Å². The molecule has 1 saturated heterocycles. The van der Waals surface area contributed by atoms with Gasteiger partial charge in [-0.05, 0) is 31.0 Å². The van der Waals surface area contributed by atoms with Crippen LogP contribution in [0.4, 0.5) is 0 Å². The molecule has 0 bridgehead atoms. The zero-order valence-corrected chi connectivity index (χ0v) is 12.1. The van der Waals surface area contributed by atoms with Gasteiger partial charge < -0.3 is 24.8 Å². The highest BCUT2D eigenvalue weighted by Crippen LogP contribution is 2.32. The molecular formula is C15H18N2O5. The van der Waals surface area contributed by atoms with Crippen molar-refractivity contribution < 1.29 is 24.2 Å². The van der Waals surface area contributed by atoms with Gasteiger partial charge in [0.1, 0.15) is 0 Å². The number of ether oxygens (including phenoxy) is 2. The van der Waals surface area contributed by atoms with E-state index in [-0.39, 0.29) is 37.8 Å². The van der Waals surface area contributed by atoms with E-state index in [1.165, 1.54) is 0 Å². The summed E-state index contributed by atoms with van der Waals surface area (Å²) in [6.07, 6.45) is 1.69. The molecule has 1 aromatic carbocycles. The lowest BCUT2D eigenvalue weighted by Gasteiger charge is -2.23. The first-order valence-electron chi connectivity index (χ1n) is 7.27. The van der Waals surface area contributed by atoms with Crippen LogP contribution in [0.3, 0.4) is 0 Å². The van der Waals surface area contributed by atoms with Crippen molar-refractivity contribution in [2.45, 2.75) is 18.9 Å². The number of carbonyl (C=O) groups excluding carboxylic acids is 2. The van der Waals surface area contributed by atoms with Crippen LogP contribution in [0.25, 0.3) is 0 Å². The second kappa shape index (κ2) is 6.23. The summed E-state index contributed by atoms with van der Waals surface area (Å²) in [5.74, 6) is 0.617. The first-order chi connectivity index (χ1) is 10.7. The number of amides is 2. The first kappa shape index (κ1) is 14.6. The molecular weight excluding hydrogens is 288 g/mol. The molecule has 1 aromatic rings. The molecule has 118 valence electrons. The van der Waals surface area contributed by atoms with Gasteiger partial charge in [-0.15, -0.1) is 0 Å². The van der Waals surface area contributed by atoms with E-state index in [2.05, 4.69) is 5.32 Å². The van der Waals surface area contributed by atoms with E-state index in [1.807, 2.05) is 0 Å². The number of aliphatic hydroxyl groups is 1. The molecule has 3 rings (SSSR count). The minimum absolute atomic E-state index is 0.0398. The Bertz CT molecular complexity index is 589. The Morgan fingerprint density at radius 1 is 1.32 bits per heavy atom. The van der Waals surface area contributed by atoms with E-state index in [0.29, 0.717) is 23.6 Å². The van der Waals surface area contributed by atoms with Crippen LogP contribution in [0.5, 0.6) is 11.5 Å². The Morgan fingerprint density at radius 3 is 2.95 bits per heavy atom. The third-order valence-electron chi connectivity index (χ3n) is 3.94. The van der Waals surface area contributed by atoms with E-state index >= 15 is 0 Å². The lowest BCUT2D eigenvalue weighted by molar-refractivity contribution is -0.131. The molecule has 1 atom stereocenters. The fraction of sp³-hybridized carbons (Fsp3) is 0.467. The highest BCUT2D eigenvalue weighted by atomic mass is 16.7. The number of carbonyl (C=O) groups is 2. The quantitative estimate of drug-likeness (QED) is 0.825. The molecule has 2 amide bonds. The zero-order chi connectivity index (χ0) is 15.5. The zero-order valence-electron chi connectivity index (χ0n) is 12.1. The van der Waals surface area contributed by atoms with Gasteiger partial charge >= 0.3 is 0 Å². The van der Waals surface area contributed by atoms with Crippen molar-refractivity contribution in [3.63, 3.8) is 0 Å². The van der Waals surface area contributed by atoms with Crippen molar-refractivity contribution >= 4 is 11.8 Å². The Kier molecular flexibility index (Phi) is 4.15. The van der Waals surface area contributed by atoms with Crippen LogP contribution >= 0.6 is 0 Å². The molecule has 0 aromatic heterocycles. The number of fused-ring (bicyclic) bond motifs is 1. The van der Waals surface area contributed by atoms with Crippen molar-refractivity contribution in [1.82, 2.24) is 10.2 Å². The second-order valence-corrected chi connectivity index (χ2v) is 5.32. The second-order valence-electron chi connectivity index (χ2n) is 5.32. The van der Waals surface area contributed by atoms with Gasteiger partial charge in [-0.3, -0.25) is 9.59 Å². The molecule has 7 heteroatoms. The Labute approximate surface area is 127 Å². The van der Waals surface area contributed by atoms with Crippen LogP contribution in [-0.4, -0.2) is 54.4 Å². The fourth-order valence-electron chi connectivity index (χ4n) is 2.75. The third kappa shape index (κ3) is 2.85. The van der Waals surface area contributed by atoms with Gasteiger partial charge in [-0.2, -0.15) is 0 Å². The summed E-state index contributed by atoms with van der Waals surface area (Å²) in [6.45, 7) is 0.659. The summed E-state index contributed by atoms with van der Waals surface area (Å²) in [4.78, 5) is 25.8. The van der Waals surface area contributed by atoms with Crippen LogP contribution in [0.1, 0.15) is 23.2 Å². The number of benzene rings is 1. The van der Waals surface area contributed by atoms with Gasteiger partial charge in [0.05, 0.1) is 19.2 Å². The molecule has 1 unspecified atom stereocenters. The SMILES string of the molecule is O=C(NCC(=O)N1CCCC1CO)c1ccc2c(c1)OCO2. The number of nitrogens with one attached hydrogen (secondary N) is 1. The van der Waals surface area contributed by atoms with Gasteiger partial charge in [0.25, 0.3) is 5.91 Å². The Hall–Kier alpha value is -2.28. The maximum atomic E-state index is 12.1. The molecule has 2 aliphatic heterocycles. The molecule has 2 heterocycles. The van der Waals surface area contributed by atoms with Crippen molar-refractivity contribution in [2.75, 3.05) is 26.5 Å². The predicted octanol–water partition coefficient (Wildman–Crippen LogP) is 0.128. The number of hydrogen-bond acceptors (Lipinski definition) is 5. The molecule has 2 N–H and O–H groups in total. The minimum atomic E-state index is -0.341. The summed E-state index contributed by atoms with van der Waals surface area (Å²) >= 11 is 0. The van der Waals surface area contributed by atoms with Gasteiger partial charge in [0.15, 0.2) is 11.5 Å². The maximum absolute atomic E-state index is 12.1.